The normalized spacial score (nSPS) is 21.8. The summed E-state index contributed by atoms with van der Waals surface area (Å²) in [5.41, 5.74) is 9.91. The topological polar surface area (TPSA) is 56.5 Å². The number of hydrogen-bond donors (Lipinski definition) is 2. The third-order valence-corrected chi connectivity index (χ3v) is 4.50. The first-order valence-electron chi connectivity index (χ1n) is 8.34. The highest BCUT2D eigenvalue weighted by atomic mass is 16.5. The summed E-state index contributed by atoms with van der Waals surface area (Å²) in [6.07, 6.45) is 6.48. The predicted molar refractivity (Wildman–Crippen MR) is 91.5 cm³/mol. The van der Waals surface area contributed by atoms with Crippen LogP contribution in [0.25, 0.3) is 0 Å². The smallest absolute Gasteiger partial charge is 0.0502 e. The largest absolute Gasteiger partial charge is 0.384 e. The van der Waals surface area contributed by atoms with Crippen molar-refractivity contribution in [2.45, 2.75) is 50.6 Å². The standard InChI is InChI=1S/C18H30N2O2/c1-21-11-9-14-3-6-18(13-15(14)10-12-22-2)20-17-7-4-16(19)5-8-17/h3,6,13,16-17,20H,4-5,7-12,19H2,1-2H3. The van der Waals surface area contributed by atoms with E-state index in [9.17, 15) is 0 Å². The average Bonchev–Trinajstić information content (AvgIpc) is 2.54. The van der Waals surface area contributed by atoms with E-state index in [-0.39, 0.29) is 0 Å². The third kappa shape index (κ3) is 5.27. The summed E-state index contributed by atoms with van der Waals surface area (Å²) in [7, 11) is 3.50. The second-order valence-electron chi connectivity index (χ2n) is 6.23. The molecule has 0 amide bonds. The minimum Gasteiger partial charge on any atom is -0.384 e. The lowest BCUT2D eigenvalue weighted by molar-refractivity contribution is 0.198. The first-order valence-corrected chi connectivity index (χ1v) is 8.34. The van der Waals surface area contributed by atoms with Gasteiger partial charge in [0.1, 0.15) is 0 Å². The number of ether oxygens (including phenoxy) is 2. The van der Waals surface area contributed by atoms with Crippen LogP contribution < -0.4 is 11.1 Å². The molecule has 0 bridgehead atoms. The molecular formula is C18H30N2O2. The average molecular weight is 306 g/mol. The highest BCUT2D eigenvalue weighted by Gasteiger charge is 2.18. The van der Waals surface area contributed by atoms with Gasteiger partial charge in [-0.15, -0.1) is 0 Å². The first-order chi connectivity index (χ1) is 10.7. The van der Waals surface area contributed by atoms with E-state index >= 15 is 0 Å². The summed E-state index contributed by atoms with van der Waals surface area (Å²) in [6.45, 7) is 1.51. The maximum absolute atomic E-state index is 5.98. The molecule has 4 heteroatoms. The fourth-order valence-electron chi connectivity index (χ4n) is 3.12. The SMILES string of the molecule is COCCc1ccc(NC2CCC(N)CC2)cc1CCOC. The van der Waals surface area contributed by atoms with Gasteiger partial charge in [-0.1, -0.05) is 6.07 Å². The Morgan fingerprint density at radius 2 is 1.64 bits per heavy atom. The molecule has 0 unspecified atom stereocenters. The van der Waals surface area contributed by atoms with E-state index in [0.29, 0.717) is 12.1 Å². The number of anilines is 1. The van der Waals surface area contributed by atoms with Crippen LogP contribution >= 0.6 is 0 Å². The summed E-state index contributed by atoms with van der Waals surface area (Å²) < 4.78 is 10.4. The number of benzene rings is 1. The van der Waals surface area contributed by atoms with Crippen LogP contribution in [0.4, 0.5) is 5.69 Å². The molecule has 0 aliphatic heterocycles. The molecule has 1 aliphatic rings. The maximum Gasteiger partial charge on any atom is 0.0502 e. The van der Waals surface area contributed by atoms with E-state index in [1.54, 1.807) is 14.2 Å². The Hall–Kier alpha value is -1.10. The molecule has 0 atom stereocenters. The van der Waals surface area contributed by atoms with Crippen LogP contribution in [0.5, 0.6) is 0 Å². The van der Waals surface area contributed by atoms with Crippen molar-refractivity contribution >= 4 is 5.69 Å². The molecule has 0 aromatic heterocycles. The molecule has 1 aromatic rings. The number of methoxy groups -OCH3 is 2. The van der Waals surface area contributed by atoms with Crippen LogP contribution in [-0.2, 0) is 22.3 Å². The molecular weight excluding hydrogens is 276 g/mol. The van der Waals surface area contributed by atoms with E-state index in [0.717, 1.165) is 38.9 Å². The van der Waals surface area contributed by atoms with E-state index < -0.39 is 0 Å². The van der Waals surface area contributed by atoms with Crippen molar-refractivity contribution in [2.75, 3.05) is 32.8 Å². The minimum absolute atomic E-state index is 0.395. The van der Waals surface area contributed by atoms with Crippen LogP contribution in [0, 0.1) is 0 Å². The molecule has 0 radical (unpaired) electrons. The predicted octanol–water partition coefficient (Wildman–Crippen LogP) is 2.75. The van der Waals surface area contributed by atoms with E-state index in [4.69, 9.17) is 15.2 Å². The first kappa shape index (κ1) is 17.3. The third-order valence-electron chi connectivity index (χ3n) is 4.50. The Labute approximate surface area is 134 Å². The van der Waals surface area contributed by atoms with E-state index in [1.807, 2.05) is 0 Å². The van der Waals surface area contributed by atoms with Gasteiger partial charge in [-0.05, 0) is 61.8 Å². The summed E-state index contributed by atoms with van der Waals surface area (Å²) in [6, 6.07) is 7.64. The number of nitrogens with two attached hydrogens (primary N) is 1. The summed E-state index contributed by atoms with van der Waals surface area (Å²) >= 11 is 0. The van der Waals surface area contributed by atoms with Crippen LogP contribution in [0.2, 0.25) is 0 Å². The molecule has 3 N–H and O–H groups in total. The summed E-state index contributed by atoms with van der Waals surface area (Å²) in [5, 5.41) is 3.67. The second-order valence-corrected chi connectivity index (χ2v) is 6.23. The Bertz CT molecular complexity index is 443. The number of nitrogens with one attached hydrogen (secondary N) is 1. The monoisotopic (exact) mass is 306 g/mol. The van der Waals surface area contributed by atoms with Gasteiger partial charge in [-0.25, -0.2) is 0 Å². The lowest BCUT2D eigenvalue weighted by Crippen LogP contribution is -2.32. The zero-order valence-corrected chi connectivity index (χ0v) is 13.9. The highest BCUT2D eigenvalue weighted by Crippen LogP contribution is 2.23. The lowest BCUT2D eigenvalue weighted by atomic mass is 9.91. The van der Waals surface area contributed by atoms with Crippen molar-refractivity contribution in [1.82, 2.24) is 0 Å². The molecule has 124 valence electrons. The van der Waals surface area contributed by atoms with Crippen molar-refractivity contribution in [2.24, 2.45) is 5.73 Å². The Morgan fingerprint density at radius 3 is 2.27 bits per heavy atom. The van der Waals surface area contributed by atoms with Crippen molar-refractivity contribution in [3.8, 4) is 0 Å². The fraction of sp³-hybridized carbons (Fsp3) is 0.667. The van der Waals surface area contributed by atoms with Gasteiger partial charge in [0, 0.05) is 32.0 Å². The Morgan fingerprint density at radius 1 is 1.00 bits per heavy atom. The lowest BCUT2D eigenvalue weighted by Gasteiger charge is -2.28. The van der Waals surface area contributed by atoms with Gasteiger partial charge in [0.15, 0.2) is 0 Å². The number of hydrogen-bond acceptors (Lipinski definition) is 4. The van der Waals surface area contributed by atoms with Gasteiger partial charge in [0.05, 0.1) is 13.2 Å². The van der Waals surface area contributed by atoms with Crippen LogP contribution in [0.1, 0.15) is 36.8 Å². The quantitative estimate of drug-likeness (QED) is 0.775. The van der Waals surface area contributed by atoms with Crippen molar-refractivity contribution < 1.29 is 9.47 Å². The zero-order valence-electron chi connectivity index (χ0n) is 13.9. The van der Waals surface area contributed by atoms with Crippen molar-refractivity contribution in [3.05, 3.63) is 29.3 Å². The highest BCUT2D eigenvalue weighted by molar-refractivity contribution is 5.49. The molecule has 4 nitrogen and oxygen atoms in total. The molecule has 1 saturated carbocycles. The maximum atomic E-state index is 5.98. The molecule has 0 heterocycles. The van der Waals surface area contributed by atoms with E-state index in [1.165, 1.54) is 29.7 Å². The summed E-state index contributed by atoms with van der Waals surface area (Å²) in [4.78, 5) is 0. The Kier molecular flexibility index (Phi) is 7.16. The van der Waals surface area contributed by atoms with Gasteiger partial charge < -0.3 is 20.5 Å². The molecule has 1 aliphatic carbocycles. The van der Waals surface area contributed by atoms with Gasteiger partial charge in [-0.3, -0.25) is 0 Å². The molecule has 1 aromatic carbocycles. The van der Waals surface area contributed by atoms with Crippen molar-refractivity contribution in [3.63, 3.8) is 0 Å². The van der Waals surface area contributed by atoms with E-state index in [2.05, 4.69) is 23.5 Å². The van der Waals surface area contributed by atoms with Crippen LogP contribution in [0.3, 0.4) is 0 Å². The molecule has 0 spiro atoms. The number of rotatable bonds is 8. The fourth-order valence-corrected chi connectivity index (χ4v) is 3.12. The Balaban J connectivity index is 2.01. The van der Waals surface area contributed by atoms with Gasteiger partial charge >= 0.3 is 0 Å². The van der Waals surface area contributed by atoms with Gasteiger partial charge in [0.2, 0.25) is 0 Å². The molecule has 22 heavy (non-hydrogen) atoms. The van der Waals surface area contributed by atoms with Crippen LogP contribution in [0.15, 0.2) is 18.2 Å². The zero-order chi connectivity index (χ0) is 15.8. The minimum atomic E-state index is 0.395. The van der Waals surface area contributed by atoms with Gasteiger partial charge in [-0.2, -0.15) is 0 Å². The molecule has 0 saturated heterocycles. The second kappa shape index (κ2) is 9.13. The van der Waals surface area contributed by atoms with Crippen LogP contribution in [-0.4, -0.2) is 39.5 Å². The molecule has 1 fully saturated rings. The van der Waals surface area contributed by atoms with Gasteiger partial charge in [0.25, 0.3) is 0 Å². The van der Waals surface area contributed by atoms with Crippen molar-refractivity contribution in [1.29, 1.82) is 0 Å². The molecule has 2 rings (SSSR count). The summed E-state index contributed by atoms with van der Waals surface area (Å²) in [5.74, 6) is 0.